The zero-order valence-electron chi connectivity index (χ0n) is 18.9. The molecule has 10 heteroatoms. The molecule has 3 aromatic rings. The first-order valence-corrected chi connectivity index (χ1v) is 11.0. The van der Waals surface area contributed by atoms with E-state index in [4.69, 9.17) is 5.11 Å². The normalized spacial score (nSPS) is 12.1. The third kappa shape index (κ3) is 5.78. The average Bonchev–Trinajstić information content (AvgIpc) is 3.19. The van der Waals surface area contributed by atoms with Gasteiger partial charge in [-0.15, -0.1) is 0 Å². The van der Waals surface area contributed by atoms with Gasteiger partial charge in [0.25, 0.3) is 5.91 Å². The molecule has 1 heterocycles. The van der Waals surface area contributed by atoms with E-state index < -0.39 is 18.4 Å². The molecule has 9 nitrogen and oxygen atoms in total. The second-order valence-corrected chi connectivity index (χ2v) is 9.23. The molecule has 33 heavy (non-hydrogen) atoms. The summed E-state index contributed by atoms with van der Waals surface area (Å²) in [6, 6.07) is 14.6. The highest BCUT2D eigenvalue weighted by molar-refractivity contribution is 6.99. The van der Waals surface area contributed by atoms with Gasteiger partial charge in [0.2, 0.25) is 0 Å². The van der Waals surface area contributed by atoms with Crippen LogP contribution in [-0.2, 0) is 4.79 Å². The van der Waals surface area contributed by atoms with Crippen LogP contribution in [0.1, 0.15) is 42.7 Å². The number of carbonyl (C=O) groups is 2. The molecule has 0 aliphatic carbocycles. The van der Waals surface area contributed by atoms with Crippen molar-refractivity contribution in [3.63, 3.8) is 0 Å². The number of para-hydroxylation sites is 1. The summed E-state index contributed by atoms with van der Waals surface area (Å²) in [5.41, 5.74) is 1.21. The molecule has 3 rings (SSSR count). The number of phenolic OH excluding ortho intramolecular Hbond substituents is 1. The molecule has 4 N–H and O–H groups in total. The Morgan fingerprint density at radius 1 is 1.06 bits per heavy atom. The lowest BCUT2D eigenvalue weighted by molar-refractivity contribution is -0.137. The van der Waals surface area contributed by atoms with Gasteiger partial charge in [0, 0.05) is 7.05 Å². The second-order valence-electron chi connectivity index (χ2n) is 8.70. The number of hydrogen-bond donors (Lipinski definition) is 4. The van der Waals surface area contributed by atoms with Crippen LogP contribution in [0.3, 0.4) is 0 Å². The summed E-state index contributed by atoms with van der Waals surface area (Å²) in [7, 11) is 1.36. The summed E-state index contributed by atoms with van der Waals surface area (Å²) in [5, 5.41) is 26.1. The molecule has 1 amide bonds. The van der Waals surface area contributed by atoms with Crippen LogP contribution in [0.25, 0.3) is 0 Å². The van der Waals surface area contributed by atoms with Gasteiger partial charge in [-0.3, -0.25) is 9.59 Å². The molecule has 0 saturated heterocycles. The smallest absolute Gasteiger partial charge is 0.323 e. The Balaban J connectivity index is 1.86. The van der Waals surface area contributed by atoms with E-state index in [0.717, 1.165) is 22.2 Å². The van der Waals surface area contributed by atoms with Gasteiger partial charge in [0.05, 0.1) is 29.0 Å². The van der Waals surface area contributed by atoms with Crippen molar-refractivity contribution in [1.29, 1.82) is 0 Å². The van der Waals surface area contributed by atoms with E-state index in [2.05, 4.69) is 40.2 Å². The predicted octanol–water partition coefficient (Wildman–Crippen LogP) is 4.34. The number of carboxylic acids is 1. The first-order chi connectivity index (χ1) is 15.6. The van der Waals surface area contributed by atoms with Crippen LogP contribution >= 0.6 is 11.7 Å². The van der Waals surface area contributed by atoms with E-state index in [-0.39, 0.29) is 28.5 Å². The van der Waals surface area contributed by atoms with E-state index in [0.29, 0.717) is 11.6 Å². The van der Waals surface area contributed by atoms with E-state index in [1.165, 1.54) is 13.1 Å². The summed E-state index contributed by atoms with van der Waals surface area (Å²) < 4.78 is 8.68. The molecule has 0 saturated carbocycles. The maximum atomic E-state index is 12.6. The van der Waals surface area contributed by atoms with Crippen LogP contribution in [0.5, 0.6) is 5.75 Å². The Bertz CT molecular complexity index is 1130. The summed E-state index contributed by atoms with van der Waals surface area (Å²) in [4.78, 5) is 24.5. The van der Waals surface area contributed by atoms with Crippen molar-refractivity contribution in [2.75, 3.05) is 24.2 Å². The molecule has 0 unspecified atom stereocenters. The highest BCUT2D eigenvalue weighted by Crippen LogP contribution is 2.38. The zero-order valence-corrected chi connectivity index (χ0v) is 19.7. The molecule has 174 valence electrons. The van der Waals surface area contributed by atoms with Crippen molar-refractivity contribution >= 4 is 40.9 Å². The van der Waals surface area contributed by atoms with Gasteiger partial charge in [0.1, 0.15) is 6.54 Å². The Kier molecular flexibility index (Phi) is 7.17. The molecule has 0 spiro atoms. The summed E-state index contributed by atoms with van der Waals surface area (Å²) in [6.45, 7) is 5.89. The first kappa shape index (κ1) is 24.0. The van der Waals surface area contributed by atoms with Crippen LogP contribution in [0.2, 0.25) is 0 Å². The summed E-state index contributed by atoms with van der Waals surface area (Å²) in [5.74, 6) is -1.12. The maximum absolute atomic E-state index is 12.6. The van der Waals surface area contributed by atoms with Crippen LogP contribution in [0.15, 0.2) is 48.5 Å². The van der Waals surface area contributed by atoms with Gasteiger partial charge in [-0.25, -0.2) is 0 Å². The standard InChI is InChI=1S/C23H27N5O4S/c1-23(2,3)19(14-9-6-5-7-10-14)25-21-20(26-33-27-21)24-16-12-8-11-15(18(16)31)22(32)28(4)13-17(29)30/h5-12,19,31H,13H2,1-4H3,(H,24,26)(H,25,27)(H,29,30)/t19-/m0/s1. The van der Waals surface area contributed by atoms with Crippen molar-refractivity contribution < 1.29 is 19.8 Å². The summed E-state index contributed by atoms with van der Waals surface area (Å²) >= 11 is 1.01. The number of carbonyl (C=O) groups excluding carboxylic acids is 1. The molecular weight excluding hydrogens is 442 g/mol. The minimum Gasteiger partial charge on any atom is -0.505 e. The van der Waals surface area contributed by atoms with Gasteiger partial charge in [-0.1, -0.05) is 57.2 Å². The maximum Gasteiger partial charge on any atom is 0.323 e. The lowest BCUT2D eigenvalue weighted by Gasteiger charge is -2.32. The van der Waals surface area contributed by atoms with E-state index in [9.17, 15) is 14.7 Å². The van der Waals surface area contributed by atoms with Gasteiger partial charge in [0.15, 0.2) is 17.4 Å². The molecule has 1 aromatic heterocycles. The molecule has 0 aliphatic rings. The third-order valence-electron chi connectivity index (χ3n) is 5.01. The van der Waals surface area contributed by atoms with Crippen LogP contribution in [0.4, 0.5) is 17.3 Å². The lowest BCUT2D eigenvalue weighted by atomic mass is 9.82. The molecular formula is C23H27N5O4S. The van der Waals surface area contributed by atoms with Gasteiger partial charge in [-0.05, 0) is 23.1 Å². The van der Waals surface area contributed by atoms with Crippen LogP contribution in [0, 0.1) is 5.41 Å². The number of nitrogens with one attached hydrogen (secondary N) is 2. The minimum atomic E-state index is -1.14. The Hall–Kier alpha value is -3.66. The molecule has 0 radical (unpaired) electrons. The molecule has 2 aromatic carbocycles. The quantitative estimate of drug-likeness (QED) is 0.359. The first-order valence-electron chi connectivity index (χ1n) is 10.3. The highest BCUT2D eigenvalue weighted by atomic mass is 32.1. The number of aromatic nitrogens is 2. The fraction of sp³-hybridized carbons (Fsp3) is 0.304. The minimum absolute atomic E-state index is 0.0155. The topological polar surface area (TPSA) is 128 Å². The van der Waals surface area contributed by atoms with E-state index in [1.54, 1.807) is 12.1 Å². The number of aromatic hydroxyl groups is 1. The second kappa shape index (κ2) is 9.86. The molecule has 0 aliphatic heterocycles. The number of hydrogen-bond acceptors (Lipinski definition) is 8. The highest BCUT2D eigenvalue weighted by Gasteiger charge is 2.28. The molecule has 0 bridgehead atoms. The largest absolute Gasteiger partial charge is 0.505 e. The summed E-state index contributed by atoms with van der Waals surface area (Å²) in [6.07, 6.45) is 0. The van der Waals surface area contributed by atoms with Gasteiger partial charge >= 0.3 is 5.97 Å². The van der Waals surface area contributed by atoms with Gasteiger partial charge < -0.3 is 25.7 Å². The molecule has 1 atom stereocenters. The number of phenols is 1. The Morgan fingerprint density at radius 3 is 2.36 bits per heavy atom. The zero-order chi connectivity index (χ0) is 24.2. The number of likely N-dealkylation sites (N-methyl/N-ethyl adjacent to an activating group) is 1. The SMILES string of the molecule is CN(CC(=O)O)C(=O)c1cccc(Nc2nsnc2N[C@@H](c2ccccc2)C(C)(C)C)c1O. The monoisotopic (exact) mass is 469 g/mol. The number of carboxylic acid groups (broad SMARTS) is 1. The van der Waals surface area contributed by atoms with Gasteiger partial charge in [-0.2, -0.15) is 8.75 Å². The number of anilines is 3. The fourth-order valence-electron chi connectivity index (χ4n) is 3.37. The van der Waals surface area contributed by atoms with E-state index >= 15 is 0 Å². The average molecular weight is 470 g/mol. The Morgan fingerprint density at radius 2 is 1.73 bits per heavy atom. The number of nitrogens with zero attached hydrogens (tertiary/aromatic N) is 3. The number of benzene rings is 2. The van der Waals surface area contributed by atoms with Crippen molar-refractivity contribution in [3.05, 3.63) is 59.7 Å². The molecule has 0 fully saturated rings. The van der Waals surface area contributed by atoms with Crippen LogP contribution in [-0.4, -0.2) is 49.3 Å². The number of aliphatic carboxylic acids is 1. The predicted molar refractivity (Wildman–Crippen MR) is 128 cm³/mol. The lowest BCUT2D eigenvalue weighted by Crippen LogP contribution is -2.32. The fourth-order valence-corrected chi connectivity index (χ4v) is 3.85. The van der Waals surface area contributed by atoms with Crippen molar-refractivity contribution in [2.45, 2.75) is 26.8 Å². The van der Waals surface area contributed by atoms with Crippen molar-refractivity contribution in [1.82, 2.24) is 13.6 Å². The van der Waals surface area contributed by atoms with E-state index in [1.807, 2.05) is 30.3 Å². The third-order valence-corrected chi connectivity index (χ3v) is 5.54. The number of rotatable bonds is 8. The Labute approximate surface area is 196 Å². The van der Waals surface area contributed by atoms with Crippen molar-refractivity contribution in [3.8, 4) is 5.75 Å². The number of amides is 1. The van der Waals surface area contributed by atoms with Crippen molar-refractivity contribution in [2.24, 2.45) is 5.41 Å². The van der Waals surface area contributed by atoms with Crippen LogP contribution < -0.4 is 10.6 Å².